The molecule has 230 valence electrons. The lowest BCUT2D eigenvalue weighted by Crippen LogP contribution is -2.49. The van der Waals surface area contributed by atoms with Gasteiger partial charge < -0.3 is 29.4 Å². The van der Waals surface area contributed by atoms with E-state index in [4.69, 9.17) is 9.47 Å². The van der Waals surface area contributed by atoms with E-state index in [2.05, 4.69) is 42.2 Å². The molecule has 0 saturated carbocycles. The highest BCUT2D eigenvalue weighted by Gasteiger charge is 2.48. The molecular formula is C31H30N8O6. The van der Waals surface area contributed by atoms with Crippen molar-refractivity contribution in [2.24, 2.45) is 10.6 Å². The van der Waals surface area contributed by atoms with Crippen molar-refractivity contribution in [1.29, 1.82) is 0 Å². The Balaban J connectivity index is 1.22. The number of aromatic nitrogens is 3. The van der Waals surface area contributed by atoms with Gasteiger partial charge in [-0.15, -0.1) is 0 Å². The zero-order chi connectivity index (χ0) is 31.6. The molecule has 0 aliphatic carbocycles. The number of carbonyl (C=O) groups excluding carboxylic acids is 3. The van der Waals surface area contributed by atoms with Gasteiger partial charge in [-0.3, -0.25) is 24.7 Å². The number of amidine groups is 1. The second kappa shape index (κ2) is 12.1. The average Bonchev–Trinajstić information content (AvgIpc) is 3.53. The van der Waals surface area contributed by atoms with Gasteiger partial charge in [0, 0.05) is 69.0 Å². The summed E-state index contributed by atoms with van der Waals surface area (Å²) in [5, 5.41) is 15.8. The van der Waals surface area contributed by atoms with Crippen LogP contribution in [0.2, 0.25) is 0 Å². The number of ether oxygens (including phenoxy) is 2. The first-order valence-electron chi connectivity index (χ1n) is 14.2. The molecule has 3 aliphatic heterocycles. The first-order chi connectivity index (χ1) is 21.8. The molecule has 2 aromatic heterocycles. The van der Waals surface area contributed by atoms with Crippen LogP contribution in [0.15, 0.2) is 54.2 Å². The number of amides is 3. The lowest BCUT2D eigenvalue weighted by Gasteiger charge is -2.36. The molecule has 1 aromatic carbocycles. The summed E-state index contributed by atoms with van der Waals surface area (Å²) in [6.45, 7) is 2.61. The van der Waals surface area contributed by atoms with Crippen molar-refractivity contribution in [3.8, 4) is 23.3 Å². The first kappa shape index (κ1) is 29.4. The van der Waals surface area contributed by atoms with E-state index in [1.54, 1.807) is 36.8 Å². The molecule has 3 amide bonds. The largest absolute Gasteiger partial charge is 0.497 e. The molecule has 2 N–H and O–H groups in total. The van der Waals surface area contributed by atoms with Crippen molar-refractivity contribution in [2.75, 3.05) is 51.8 Å². The Morgan fingerprint density at radius 3 is 2.56 bits per heavy atom. The highest BCUT2D eigenvalue weighted by Crippen LogP contribution is 2.34. The summed E-state index contributed by atoms with van der Waals surface area (Å²) in [6.07, 6.45) is 6.28. The van der Waals surface area contributed by atoms with E-state index in [1.165, 1.54) is 25.3 Å². The lowest BCUT2D eigenvalue weighted by atomic mass is 9.86. The molecule has 14 nitrogen and oxygen atoms in total. The maximum atomic E-state index is 13.2. The Kier molecular flexibility index (Phi) is 7.91. The van der Waals surface area contributed by atoms with Crippen LogP contribution in [0, 0.1) is 17.3 Å². The number of imide groups is 1. The number of piperazine rings is 1. The van der Waals surface area contributed by atoms with Gasteiger partial charge in [0.15, 0.2) is 17.3 Å². The fourth-order valence-corrected chi connectivity index (χ4v) is 5.73. The van der Waals surface area contributed by atoms with Gasteiger partial charge >= 0.3 is 0 Å². The normalized spacial score (nSPS) is 19.6. The van der Waals surface area contributed by atoms with Crippen molar-refractivity contribution < 1.29 is 29.1 Å². The van der Waals surface area contributed by atoms with Gasteiger partial charge in [-0.05, 0) is 29.7 Å². The number of nitrogens with one attached hydrogen (secondary N) is 1. The maximum Gasteiger partial charge on any atom is 0.254 e. The molecular weight excluding hydrogens is 580 g/mol. The molecule has 0 radical (unpaired) electrons. The summed E-state index contributed by atoms with van der Waals surface area (Å²) in [6, 6.07) is 6.89. The summed E-state index contributed by atoms with van der Waals surface area (Å²) >= 11 is 0. The fraction of sp³-hybridized carbons (Fsp3) is 0.323. The van der Waals surface area contributed by atoms with Gasteiger partial charge in [0.2, 0.25) is 11.8 Å². The number of rotatable bonds is 6. The Bertz CT molecular complexity index is 1750. The van der Waals surface area contributed by atoms with Crippen LogP contribution in [0.25, 0.3) is 0 Å². The Labute approximate surface area is 258 Å². The highest BCUT2D eigenvalue weighted by atomic mass is 16.5. The molecule has 1 atom stereocenters. The van der Waals surface area contributed by atoms with E-state index in [9.17, 15) is 19.6 Å². The van der Waals surface area contributed by atoms with Crippen LogP contribution >= 0.6 is 0 Å². The van der Waals surface area contributed by atoms with E-state index in [-0.39, 0.29) is 36.9 Å². The van der Waals surface area contributed by atoms with Gasteiger partial charge in [0.05, 0.1) is 26.8 Å². The number of oxime groups is 1. The number of methoxy groups -OCH3 is 2. The Morgan fingerprint density at radius 2 is 1.89 bits per heavy atom. The van der Waals surface area contributed by atoms with Gasteiger partial charge in [-0.25, -0.2) is 9.97 Å². The second-order valence-corrected chi connectivity index (χ2v) is 10.8. The van der Waals surface area contributed by atoms with Crippen LogP contribution < -0.4 is 19.7 Å². The molecule has 14 heteroatoms. The summed E-state index contributed by atoms with van der Waals surface area (Å²) in [7, 11) is 2.98. The maximum absolute atomic E-state index is 13.2. The fourth-order valence-electron chi connectivity index (χ4n) is 5.73. The van der Waals surface area contributed by atoms with Crippen LogP contribution in [0.5, 0.6) is 11.5 Å². The minimum absolute atomic E-state index is 0.0876. The van der Waals surface area contributed by atoms with E-state index in [0.717, 1.165) is 11.4 Å². The first-order valence-corrected chi connectivity index (χ1v) is 14.2. The third kappa shape index (κ3) is 5.67. The van der Waals surface area contributed by atoms with Gasteiger partial charge in [0.25, 0.3) is 5.91 Å². The van der Waals surface area contributed by atoms with Crippen molar-refractivity contribution in [3.05, 3.63) is 71.4 Å². The zero-order valence-electron chi connectivity index (χ0n) is 24.7. The number of fused-ring (bicyclic) bond motifs is 1. The van der Waals surface area contributed by atoms with Crippen molar-refractivity contribution in [1.82, 2.24) is 30.1 Å². The molecule has 0 bridgehead atoms. The van der Waals surface area contributed by atoms with Crippen LogP contribution in [0.4, 0.5) is 5.82 Å². The monoisotopic (exact) mass is 610 g/mol. The number of nitrogens with zero attached hydrogens (tertiary/aromatic N) is 7. The van der Waals surface area contributed by atoms with E-state index >= 15 is 0 Å². The minimum atomic E-state index is -1.48. The van der Waals surface area contributed by atoms with E-state index in [0.29, 0.717) is 48.9 Å². The van der Waals surface area contributed by atoms with Crippen LogP contribution in [-0.2, 0) is 16.1 Å². The molecule has 5 heterocycles. The summed E-state index contributed by atoms with van der Waals surface area (Å²) in [4.78, 5) is 57.2. The Hall–Kier alpha value is -5.71. The van der Waals surface area contributed by atoms with Crippen molar-refractivity contribution in [2.45, 2.75) is 13.0 Å². The number of anilines is 1. The highest BCUT2D eigenvalue weighted by molar-refractivity contribution is 6.08. The van der Waals surface area contributed by atoms with Crippen LogP contribution in [0.3, 0.4) is 0 Å². The predicted octanol–water partition coefficient (Wildman–Crippen LogP) is 0.887. The molecule has 2 saturated heterocycles. The quantitative estimate of drug-likeness (QED) is 0.102. The van der Waals surface area contributed by atoms with Crippen molar-refractivity contribution >= 4 is 29.4 Å². The lowest BCUT2D eigenvalue weighted by molar-refractivity contribution is -0.127. The van der Waals surface area contributed by atoms with E-state index < -0.39 is 17.2 Å². The van der Waals surface area contributed by atoms with Crippen LogP contribution in [0.1, 0.15) is 33.6 Å². The third-order valence-corrected chi connectivity index (χ3v) is 8.11. The molecule has 0 unspecified atom stereocenters. The predicted molar refractivity (Wildman–Crippen MR) is 160 cm³/mol. The van der Waals surface area contributed by atoms with Gasteiger partial charge in [-0.2, -0.15) is 0 Å². The smallest absolute Gasteiger partial charge is 0.254 e. The average molecular weight is 611 g/mol. The summed E-state index contributed by atoms with van der Waals surface area (Å²) < 4.78 is 10.8. The molecule has 45 heavy (non-hydrogen) atoms. The zero-order valence-corrected chi connectivity index (χ0v) is 24.7. The van der Waals surface area contributed by atoms with Crippen LogP contribution in [-0.4, -0.2) is 100 Å². The number of benzene rings is 1. The molecule has 6 rings (SSSR count). The standard InChI is InChI=1S/C31H30N8O6/c1-44-22-4-3-20-18-39(29(41)23(20)14-22)19-31(15-27(40)35-30(31)42)6-5-24-25(45-2)13-21(16-34-24)28(36-43)38-11-9-37(10-12-38)26-17-32-7-8-33-26/h3-4,7-8,13-14,16-17,43H,9-12,15,18-19H2,1-2H3,(H,35,40,42)/t31-/m1/s1. The number of hydrogen-bond acceptors (Lipinski definition) is 11. The summed E-state index contributed by atoms with van der Waals surface area (Å²) in [5.41, 5.74) is 0.525. The number of carbonyl (C=O) groups is 3. The van der Waals surface area contributed by atoms with Crippen molar-refractivity contribution in [3.63, 3.8) is 0 Å². The third-order valence-electron chi connectivity index (χ3n) is 8.11. The molecule has 3 aliphatic rings. The molecule has 0 spiro atoms. The second-order valence-electron chi connectivity index (χ2n) is 10.8. The summed E-state index contributed by atoms with van der Waals surface area (Å²) in [5.74, 6) is 6.49. The minimum Gasteiger partial charge on any atom is -0.497 e. The number of hydrogen-bond donors (Lipinski definition) is 2. The molecule has 2 fully saturated rings. The SMILES string of the molecule is COc1ccc2c(c1)C(=O)N(C[C@@]1(C#Cc3ncc(C(=NO)N4CCN(c5cnccn5)CC4)cc3OC)CC(=O)NC1=O)C2. The van der Waals surface area contributed by atoms with E-state index in [1.807, 2.05) is 11.0 Å². The topological polar surface area (TPSA) is 163 Å². The van der Waals surface area contributed by atoms with Gasteiger partial charge in [0.1, 0.15) is 17.0 Å². The molecule has 3 aromatic rings. The Morgan fingerprint density at radius 1 is 1.07 bits per heavy atom. The number of pyridine rings is 1. The van der Waals surface area contributed by atoms with Gasteiger partial charge in [-0.1, -0.05) is 17.1 Å².